The molecule has 0 bridgehead atoms. The van der Waals surface area contributed by atoms with Gasteiger partial charge < -0.3 is 14.6 Å². The number of aromatic hydroxyl groups is 1. The van der Waals surface area contributed by atoms with E-state index < -0.39 is 11.8 Å². The number of thiocarbonyl (C=S) groups is 1. The van der Waals surface area contributed by atoms with E-state index in [0.717, 1.165) is 16.8 Å². The van der Waals surface area contributed by atoms with Crippen molar-refractivity contribution in [1.29, 1.82) is 0 Å². The Morgan fingerprint density at radius 2 is 1.79 bits per heavy atom. The summed E-state index contributed by atoms with van der Waals surface area (Å²) in [5, 5.41) is 11.0. The molecule has 1 aliphatic heterocycles. The van der Waals surface area contributed by atoms with Crippen molar-refractivity contribution in [3.8, 4) is 17.2 Å². The molecule has 0 atom stereocenters. The normalized spacial score (nSPS) is 15.1. The summed E-state index contributed by atoms with van der Waals surface area (Å²) in [7, 11) is 2.83. The van der Waals surface area contributed by atoms with Gasteiger partial charge in [-0.25, -0.2) is 0 Å². The van der Waals surface area contributed by atoms with Crippen LogP contribution >= 0.6 is 24.0 Å². The minimum Gasteiger partial charge on any atom is -0.502 e. The van der Waals surface area contributed by atoms with Crippen LogP contribution in [0, 0.1) is 0 Å². The van der Waals surface area contributed by atoms with Gasteiger partial charge in [-0.3, -0.25) is 15.0 Å². The molecule has 144 valence electrons. The fourth-order valence-corrected chi connectivity index (χ4v) is 3.65. The van der Waals surface area contributed by atoms with Crippen LogP contribution in [0.4, 0.5) is 0 Å². The topological polar surface area (TPSA) is 88.1 Å². The van der Waals surface area contributed by atoms with Gasteiger partial charge in [-0.1, -0.05) is 30.0 Å². The number of nitrogens with one attached hydrogen (secondary N) is 1. The Labute approximate surface area is 170 Å². The zero-order valence-electron chi connectivity index (χ0n) is 15.0. The van der Waals surface area contributed by atoms with Gasteiger partial charge >= 0.3 is 0 Å². The first kappa shape index (κ1) is 19.7. The highest BCUT2D eigenvalue weighted by Gasteiger charge is 2.34. The molecule has 0 saturated carbocycles. The number of thioether (sulfide) groups is 1. The van der Waals surface area contributed by atoms with Gasteiger partial charge in [-0.05, 0) is 48.1 Å². The van der Waals surface area contributed by atoms with Crippen LogP contribution in [0.25, 0.3) is 6.08 Å². The second-order valence-corrected chi connectivity index (χ2v) is 7.27. The summed E-state index contributed by atoms with van der Waals surface area (Å²) in [5.74, 6) is -0.613. The molecule has 2 amide bonds. The maximum Gasteiger partial charge on any atom is 0.285 e. The van der Waals surface area contributed by atoms with Crippen molar-refractivity contribution in [2.24, 2.45) is 0 Å². The number of hydrogen-bond acceptors (Lipinski definition) is 7. The molecule has 0 radical (unpaired) electrons. The molecule has 1 aliphatic rings. The van der Waals surface area contributed by atoms with Crippen LogP contribution < -0.4 is 14.9 Å². The molecule has 2 N–H and O–H groups in total. The highest BCUT2D eigenvalue weighted by molar-refractivity contribution is 8.26. The molecule has 1 heterocycles. The Hall–Kier alpha value is -3.04. The molecule has 2 aromatic rings. The molecule has 1 fully saturated rings. The second kappa shape index (κ2) is 8.32. The van der Waals surface area contributed by atoms with Gasteiger partial charge in [0.25, 0.3) is 11.8 Å². The van der Waals surface area contributed by atoms with Crippen molar-refractivity contribution in [3.05, 3.63) is 58.5 Å². The number of hydrazine groups is 1. The fourth-order valence-electron chi connectivity index (χ4n) is 2.47. The molecule has 0 spiro atoms. The van der Waals surface area contributed by atoms with E-state index >= 15 is 0 Å². The molecule has 28 heavy (non-hydrogen) atoms. The van der Waals surface area contributed by atoms with Gasteiger partial charge in [0.2, 0.25) is 5.75 Å². The number of ether oxygens (including phenoxy) is 2. The van der Waals surface area contributed by atoms with Crippen LogP contribution in [0.3, 0.4) is 0 Å². The number of rotatable bonds is 5. The van der Waals surface area contributed by atoms with Gasteiger partial charge in [0.1, 0.15) is 0 Å². The smallest absolute Gasteiger partial charge is 0.285 e. The highest BCUT2D eigenvalue weighted by Crippen LogP contribution is 2.39. The number of carbonyl (C=O) groups is 2. The van der Waals surface area contributed by atoms with E-state index in [-0.39, 0.29) is 21.6 Å². The summed E-state index contributed by atoms with van der Waals surface area (Å²) in [4.78, 5) is 25.3. The lowest BCUT2D eigenvalue weighted by Crippen LogP contribution is -2.44. The van der Waals surface area contributed by atoms with Crippen molar-refractivity contribution in [1.82, 2.24) is 10.4 Å². The van der Waals surface area contributed by atoms with Crippen molar-refractivity contribution in [3.63, 3.8) is 0 Å². The number of amides is 2. The zero-order valence-corrected chi connectivity index (χ0v) is 16.6. The second-order valence-electron chi connectivity index (χ2n) is 5.60. The number of carbonyl (C=O) groups excluding carboxylic acids is 2. The summed E-state index contributed by atoms with van der Waals surface area (Å²) >= 11 is 6.28. The Bertz CT molecular complexity index is 951. The van der Waals surface area contributed by atoms with Crippen molar-refractivity contribution in [2.45, 2.75) is 0 Å². The van der Waals surface area contributed by atoms with E-state index in [1.807, 2.05) is 0 Å². The quantitative estimate of drug-likeness (QED) is 0.572. The van der Waals surface area contributed by atoms with Gasteiger partial charge in [0.15, 0.2) is 15.8 Å². The Balaban J connectivity index is 1.84. The third-order valence-corrected chi connectivity index (χ3v) is 5.15. The van der Waals surface area contributed by atoms with Crippen LogP contribution in [0.15, 0.2) is 47.4 Å². The van der Waals surface area contributed by atoms with Crippen LogP contribution in [0.5, 0.6) is 17.2 Å². The van der Waals surface area contributed by atoms with Gasteiger partial charge in [-0.15, -0.1) is 0 Å². The molecule has 0 aliphatic carbocycles. The maximum absolute atomic E-state index is 12.7. The summed E-state index contributed by atoms with van der Waals surface area (Å²) in [6, 6.07) is 11.6. The third-order valence-electron chi connectivity index (χ3n) is 3.84. The Kier molecular flexibility index (Phi) is 5.86. The number of nitrogens with zero attached hydrogens (tertiary/aromatic N) is 1. The summed E-state index contributed by atoms with van der Waals surface area (Å²) in [6.45, 7) is 0. The first-order valence-corrected chi connectivity index (χ1v) is 9.26. The van der Waals surface area contributed by atoms with Gasteiger partial charge in [-0.2, -0.15) is 5.01 Å². The molecular weight excluding hydrogens is 400 g/mol. The standard InChI is InChI=1S/C19H16N2O5S2/c1-25-13-8-11(9-14(26-2)16(13)22)10-15-18(24)21(19(27)28-15)20-17(23)12-6-4-3-5-7-12/h3-10,22H,1-2H3,(H,20,23)/b15-10+. The number of methoxy groups -OCH3 is 2. The molecule has 2 aromatic carbocycles. The maximum atomic E-state index is 12.7. The van der Waals surface area contributed by atoms with E-state index in [9.17, 15) is 14.7 Å². The molecule has 3 rings (SSSR count). The SMILES string of the molecule is COc1cc(/C=C2/SC(=S)N(NC(=O)c3ccccc3)C2=O)cc(OC)c1O. The number of phenols is 1. The van der Waals surface area contributed by atoms with Crippen molar-refractivity contribution in [2.75, 3.05) is 14.2 Å². The predicted molar refractivity (Wildman–Crippen MR) is 110 cm³/mol. The molecule has 0 aromatic heterocycles. The number of hydrogen-bond donors (Lipinski definition) is 2. The van der Waals surface area contributed by atoms with E-state index in [1.54, 1.807) is 48.5 Å². The van der Waals surface area contributed by atoms with Gasteiger partial charge in [0.05, 0.1) is 19.1 Å². The van der Waals surface area contributed by atoms with E-state index in [0.29, 0.717) is 16.0 Å². The molecule has 1 saturated heterocycles. The summed E-state index contributed by atoms with van der Waals surface area (Å²) < 4.78 is 10.4. The van der Waals surface area contributed by atoms with Crippen LogP contribution in [0.2, 0.25) is 0 Å². The Morgan fingerprint density at radius 3 is 2.36 bits per heavy atom. The first-order chi connectivity index (χ1) is 13.4. The van der Waals surface area contributed by atoms with Crippen LogP contribution in [0.1, 0.15) is 15.9 Å². The lowest BCUT2D eigenvalue weighted by Gasteiger charge is -2.15. The summed E-state index contributed by atoms with van der Waals surface area (Å²) in [6.07, 6.45) is 1.58. The molecular formula is C19H16N2O5S2. The lowest BCUT2D eigenvalue weighted by atomic mass is 10.1. The zero-order chi connectivity index (χ0) is 20.3. The summed E-state index contributed by atoms with van der Waals surface area (Å²) in [5.41, 5.74) is 3.50. The van der Waals surface area contributed by atoms with E-state index in [4.69, 9.17) is 21.7 Å². The molecule has 7 nitrogen and oxygen atoms in total. The first-order valence-electron chi connectivity index (χ1n) is 8.03. The average Bonchev–Trinajstić information content (AvgIpc) is 2.97. The van der Waals surface area contributed by atoms with Crippen LogP contribution in [-0.4, -0.2) is 40.5 Å². The van der Waals surface area contributed by atoms with Crippen molar-refractivity contribution >= 4 is 46.2 Å². The van der Waals surface area contributed by atoms with Crippen molar-refractivity contribution < 1.29 is 24.2 Å². The van der Waals surface area contributed by atoms with E-state index in [2.05, 4.69) is 5.43 Å². The highest BCUT2D eigenvalue weighted by atomic mass is 32.2. The van der Waals surface area contributed by atoms with Gasteiger partial charge in [0, 0.05) is 5.56 Å². The Morgan fingerprint density at radius 1 is 1.18 bits per heavy atom. The number of benzene rings is 2. The molecule has 0 unspecified atom stereocenters. The van der Waals surface area contributed by atoms with E-state index in [1.165, 1.54) is 14.2 Å². The third kappa shape index (κ3) is 3.95. The minimum atomic E-state index is -0.453. The minimum absolute atomic E-state index is 0.134. The van der Waals surface area contributed by atoms with Crippen LogP contribution in [-0.2, 0) is 4.79 Å². The largest absolute Gasteiger partial charge is 0.502 e. The molecule has 9 heteroatoms. The number of phenolic OH excluding ortho intramolecular Hbond substituents is 1. The predicted octanol–water partition coefficient (Wildman–Crippen LogP) is 2.96. The monoisotopic (exact) mass is 416 g/mol. The lowest BCUT2D eigenvalue weighted by molar-refractivity contribution is -0.123. The fraction of sp³-hybridized carbons (Fsp3) is 0.105. The average molecular weight is 416 g/mol.